The Morgan fingerprint density at radius 1 is 0.962 bits per heavy atom. The maximum absolute atomic E-state index is 13.6. The first-order valence-electron chi connectivity index (χ1n) is 7.98. The lowest BCUT2D eigenvalue weighted by Crippen LogP contribution is -2.26. The van der Waals surface area contributed by atoms with Gasteiger partial charge in [0.25, 0.3) is 5.91 Å². The Morgan fingerprint density at radius 2 is 1.65 bits per heavy atom. The van der Waals surface area contributed by atoms with Crippen molar-refractivity contribution in [1.29, 1.82) is 0 Å². The van der Waals surface area contributed by atoms with Gasteiger partial charge in [-0.3, -0.25) is 4.79 Å². The molecule has 1 amide bonds. The van der Waals surface area contributed by atoms with Gasteiger partial charge in [0, 0.05) is 18.9 Å². The van der Waals surface area contributed by atoms with Gasteiger partial charge in [0.15, 0.2) is 0 Å². The van der Waals surface area contributed by atoms with E-state index in [-0.39, 0.29) is 23.4 Å². The van der Waals surface area contributed by atoms with Gasteiger partial charge in [0.1, 0.15) is 11.6 Å². The fourth-order valence-electron chi connectivity index (χ4n) is 2.27. The van der Waals surface area contributed by atoms with Crippen LogP contribution >= 0.6 is 0 Å². The smallest absolute Gasteiger partial charge is 0.254 e. The predicted molar refractivity (Wildman–Crippen MR) is 94.2 cm³/mol. The number of hydrogen-bond acceptors (Lipinski definition) is 4. The number of para-hydroxylation sites is 1. The average molecular weight is 354 g/mol. The van der Waals surface area contributed by atoms with E-state index in [0.29, 0.717) is 18.5 Å². The van der Waals surface area contributed by atoms with E-state index >= 15 is 0 Å². The van der Waals surface area contributed by atoms with Gasteiger partial charge >= 0.3 is 0 Å². The molecule has 5 nitrogen and oxygen atoms in total. The molecule has 1 heterocycles. The second kappa shape index (κ2) is 8.15. The Labute approximate surface area is 149 Å². The minimum Gasteiger partial charge on any atom is -0.352 e. The largest absolute Gasteiger partial charge is 0.352 e. The van der Waals surface area contributed by atoms with Crippen molar-refractivity contribution in [3.05, 3.63) is 83.7 Å². The molecule has 0 bridgehead atoms. The molecule has 0 aliphatic rings. The van der Waals surface area contributed by atoms with Gasteiger partial charge < -0.3 is 10.6 Å². The van der Waals surface area contributed by atoms with Crippen LogP contribution in [0, 0.1) is 11.6 Å². The zero-order valence-corrected chi connectivity index (χ0v) is 13.7. The first-order chi connectivity index (χ1) is 12.6. The lowest BCUT2D eigenvalue weighted by Gasteiger charge is -2.07. The third-order valence-electron chi connectivity index (χ3n) is 3.65. The Morgan fingerprint density at radius 3 is 2.35 bits per heavy atom. The summed E-state index contributed by atoms with van der Waals surface area (Å²) in [6.07, 6.45) is 3.31. The molecule has 132 valence electrons. The lowest BCUT2D eigenvalue weighted by molar-refractivity contribution is 0.0953. The van der Waals surface area contributed by atoms with Gasteiger partial charge in [-0.1, -0.05) is 24.3 Å². The van der Waals surface area contributed by atoms with Crippen LogP contribution in [0.2, 0.25) is 0 Å². The number of carbonyl (C=O) groups excluding carboxylic acids is 1. The first-order valence-corrected chi connectivity index (χ1v) is 7.98. The average Bonchev–Trinajstić information content (AvgIpc) is 2.66. The van der Waals surface area contributed by atoms with Crippen molar-refractivity contribution in [3.63, 3.8) is 0 Å². The molecule has 0 saturated carbocycles. The van der Waals surface area contributed by atoms with Crippen LogP contribution in [0.5, 0.6) is 0 Å². The molecular weight excluding hydrogens is 338 g/mol. The number of rotatable bonds is 6. The summed E-state index contributed by atoms with van der Waals surface area (Å²) in [5, 5.41) is 5.50. The highest BCUT2D eigenvalue weighted by atomic mass is 19.1. The number of aromatic nitrogens is 2. The normalized spacial score (nSPS) is 10.4. The van der Waals surface area contributed by atoms with E-state index in [1.165, 1.54) is 30.6 Å². The van der Waals surface area contributed by atoms with Crippen molar-refractivity contribution in [1.82, 2.24) is 15.3 Å². The Kier molecular flexibility index (Phi) is 5.48. The number of hydrogen-bond donors (Lipinski definition) is 2. The Hall–Kier alpha value is -3.35. The summed E-state index contributed by atoms with van der Waals surface area (Å²) in [6.45, 7) is 0.402. The summed E-state index contributed by atoms with van der Waals surface area (Å²) in [6, 6.07) is 12.3. The third kappa shape index (κ3) is 4.60. The molecule has 0 saturated heterocycles. The van der Waals surface area contributed by atoms with E-state index in [2.05, 4.69) is 20.6 Å². The standard InChI is InChI=1S/C19H16F2N4O/c20-15-7-5-13(6-8-15)9-10-22-18(26)14-11-23-19(24-12-14)25-17-4-2-1-3-16(17)21/h1-8,11-12H,9-10H2,(H,22,26)(H,23,24,25). The van der Waals surface area contributed by atoms with Gasteiger partial charge in [-0.05, 0) is 36.2 Å². The maximum Gasteiger partial charge on any atom is 0.254 e. The molecule has 1 aromatic heterocycles. The maximum atomic E-state index is 13.6. The van der Waals surface area contributed by atoms with Crippen LogP contribution in [0.4, 0.5) is 20.4 Å². The number of halogens is 2. The molecule has 0 aliphatic heterocycles. The topological polar surface area (TPSA) is 66.9 Å². The van der Waals surface area contributed by atoms with Gasteiger partial charge in [0.2, 0.25) is 5.95 Å². The van der Waals surface area contributed by atoms with Crippen molar-refractivity contribution in [2.45, 2.75) is 6.42 Å². The van der Waals surface area contributed by atoms with Crippen molar-refractivity contribution in [2.75, 3.05) is 11.9 Å². The van der Waals surface area contributed by atoms with Gasteiger partial charge in [0.05, 0.1) is 11.3 Å². The minimum absolute atomic E-state index is 0.193. The summed E-state index contributed by atoms with van der Waals surface area (Å²) in [5.41, 5.74) is 1.47. The molecule has 0 radical (unpaired) electrons. The first kappa shape index (κ1) is 17.5. The highest BCUT2D eigenvalue weighted by Crippen LogP contribution is 2.16. The molecule has 3 rings (SSSR count). The van der Waals surface area contributed by atoms with Crippen LogP contribution in [0.25, 0.3) is 0 Å². The number of benzene rings is 2. The van der Waals surface area contributed by atoms with E-state index in [4.69, 9.17) is 0 Å². The predicted octanol–water partition coefficient (Wildman–Crippen LogP) is 3.47. The highest BCUT2D eigenvalue weighted by Gasteiger charge is 2.08. The van der Waals surface area contributed by atoms with Crippen LogP contribution in [0.3, 0.4) is 0 Å². The summed E-state index contributed by atoms with van der Waals surface area (Å²) < 4.78 is 26.4. The van der Waals surface area contributed by atoms with E-state index in [0.717, 1.165) is 5.56 Å². The molecule has 0 atom stereocenters. The Bertz CT molecular complexity index is 883. The van der Waals surface area contributed by atoms with Crippen LogP contribution in [-0.4, -0.2) is 22.4 Å². The van der Waals surface area contributed by atoms with Crippen molar-refractivity contribution in [3.8, 4) is 0 Å². The Balaban J connectivity index is 1.53. The number of amides is 1. The zero-order chi connectivity index (χ0) is 18.4. The third-order valence-corrected chi connectivity index (χ3v) is 3.65. The van der Waals surface area contributed by atoms with Crippen LogP contribution in [0.1, 0.15) is 15.9 Å². The van der Waals surface area contributed by atoms with E-state index in [1.807, 2.05) is 0 Å². The molecule has 26 heavy (non-hydrogen) atoms. The molecule has 0 aliphatic carbocycles. The second-order valence-corrected chi connectivity index (χ2v) is 5.53. The van der Waals surface area contributed by atoms with Gasteiger partial charge in [-0.25, -0.2) is 18.7 Å². The fourth-order valence-corrected chi connectivity index (χ4v) is 2.27. The summed E-state index contributed by atoms with van der Waals surface area (Å²) in [7, 11) is 0. The van der Waals surface area contributed by atoms with Crippen LogP contribution < -0.4 is 10.6 Å². The highest BCUT2D eigenvalue weighted by molar-refractivity contribution is 5.93. The van der Waals surface area contributed by atoms with Crippen LogP contribution in [0.15, 0.2) is 60.9 Å². The molecule has 7 heteroatoms. The monoisotopic (exact) mass is 354 g/mol. The van der Waals surface area contributed by atoms with Crippen molar-refractivity contribution in [2.24, 2.45) is 0 Å². The van der Waals surface area contributed by atoms with E-state index in [1.54, 1.807) is 30.3 Å². The number of carbonyl (C=O) groups is 1. The molecule has 0 fully saturated rings. The zero-order valence-electron chi connectivity index (χ0n) is 13.7. The fraction of sp³-hybridized carbons (Fsp3) is 0.105. The molecule has 3 aromatic rings. The molecule has 2 aromatic carbocycles. The molecular formula is C19H16F2N4O. The number of nitrogens with one attached hydrogen (secondary N) is 2. The quantitative estimate of drug-likeness (QED) is 0.711. The van der Waals surface area contributed by atoms with E-state index in [9.17, 15) is 13.6 Å². The second-order valence-electron chi connectivity index (χ2n) is 5.53. The molecule has 0 spiro atoms. The molecule has 0 unspecified atom stereocenters. The van der Waals surface area contributed by atoms with E-state index < -0.39 is 5.82 Å². The summed E-state index contributed by atoms with van der Waals surface area (Å²) >= 11 is 0. The van der Waals surface area contributed by atoms with Crippen molar-refractivity contribution >= 4 is 17.5 Å². The lowest BCUT2D eigenvalue weighted by atomic mass is 10.1. The summed E-state index contributed by atoms with van der Waals surface area (Å²) in [4.78, 5) is 20.1. The SMILES string of the molecule is O=C(NCCc1ccc(F)cc1)c1cnc(Nc2ccccc2F)nc1. The number of nitrogens with zero attached hydrogens (tertiary/aromatic N) is 2. The summed E-state index contributed by atoms with van der Waals surface area (Å²) in [5.74, 6) is -0.833. The van der Waals surface area contributed by atoms with Gasteiger partial charge in [-0.15, -0.1) is 0 Å². The van der Waals surface area contributed by atoms with Gasteiger partial charge in [-0.2, -0.15) is 0 Å². The minimum atomic E-state index is -0.418. The molecule has 2 N–H and O–H groups in total. The van der Waals surface area contributed by atoms with Crippen LogP contribution in [-0.2, 0) is 6.42 Å². The number of anilines is 2. The van der Waals surface area contributed by atoms with Crippen molar-refractivity contribution < 1.29 is 13.6 Å².